The molecule has 6 heteroatoms. The molecule has 1 unspecified atom stereocenters. The van der Waals surface area contributed by atoms with Crippen LogP contribution in [0.4, 0.5) is 0 Å². The van der Waals surface area contributed by atoms with Crippen LogP contribution in [0.25, 0.3) is 0 Å². The summed E-state index contributed by atoms with van der Waals surface area (Å²) in [6.07, 6.45) is 5.08. The molecule has 3 rings (SSSR count). The fraction of sp³-hybridized carbons (Fsp3) is 0.800. The van der Waals surface area contributed by atoms with Crippen molar-refractivity contribution in [3.8, 4) is 0 Å². The molecule has 1 atom stereocenters. The summed E-state index contributed by atoms with van der Waals surface area (Å²) < 4.78 is 5.05. The van der Waals surface area contributed by atoms with Gasteiger partial charge >= 0.3 is 0 Å². The van der Waals surface area contributed by atoms with Gasteiger partial charge in [-0.05, 0) is 45.6 Å². The van der Waals surface area contributed by atoms with Gasteiger partial charge < -0.3 is 14.7 Å². The van der Waals surface area contributed by atoms with Crippen molar-refractivity contribution < 1.29 is 9.32 Å². The summed E-state index contributed by atoms with van der Waals surface area (Å²) in [6.45, 7) is 6.37. The Labute approximate surface area is 125 Å². The molecule has 0 saturated carbocycles. The number of rotatable bonds is 2. The predicted octanol–water partition coefficient (Wildman–Crippen LogP) is 1.62. The number of nitrogens with zero attached hydrogens (tertiary/aromatic N) is 3. The van der Waals surface area contributed by atoms with Gasteiger partial charge in [-0.3, -0.25) is 4.79 Å². The van der Waals surface area contributed by atoms with E-state index >= 15 is 0 Å². The van der Waals surface area contributed by atoms with Gasteiger partial charge in [-0.25, -0.2) is 0 Å². The second-order valence-electron chi connectivity index (χ2n) is 6.45. The molecule has 1 aromatic rings. The van der Waals surface area contributed by atoms with Crippen molar-refractivity contribution in [2.24, 2.45) is 0 Å². The quantitative estimate of drug-likeness (QED) is 0.897. The van der Waals surface area contributed by atoms with Gasteiger partial charge in [0, 0.05) is 25.9 Å². The fourth-order valence-corrected chi connectivity index (χ4v) is 3.41. The molecule has 3 heterocycles. The lowest BCUT2D eigenvalue weighted by molar-refractivity contribution is -0.139. The molecule has 1 aromatic heterocycles. The summed E-state index contributed by atoms with van der Waals surface area (Å²) in [5, 5.41) is 7.42. The van der Waals surface area contributed by atoms with Crippen molar-refractivity contribution in [1.29, 1.82) is 0 Å². The molecule has 2 aliphatic rings. The average molecular weight is 292 g/mol. The molecule has 21 heavy (non-hydrogen) atoms. The van der Waals surface area contributed by atoms with Gasteiger partial charge in [-0.2, -0.15) is 4.98 Å². The third-order valence-electron chi connectivity index (χ3n) is 4.78. The molecular formula is C15H24N4O2. The molecule has 1 N–H and O–H groups in total. The Morgan fingerprint density at radius 1 is 1.38 bits per heavy atom. The van der Waals surface area contributed by atoms with Crippen molar-refractivity contribution >= 4 is 5.91 Å². The first-order chi connectivity index (χ1) is 10.1. The van der Waals surface area contributed by atoms with E-state index < -0.39 is 0 Å². The number of hydrogen-bond donors (Lipinski definition) is 1. The van der Waals surface area contributed by atoms with Crippen LogP contribution in [0.15, 0.2) is 4.52 Å². The Balaban J connectivity index is 1.59. The van der Waals surface area contributed by atoms with Gasteiger partial charge in [0.25, 0.3) is 0 Å². The first kappa shape index (κ1) is 14.5. The highest BCUT2D eigenvalue weighted by molar-refractivity contribution is 5.86. The Morgan fingerprint density at radius 2 is 2.14 bits per heavy atom. The van der Waals surface area contributed by atoms with E-state index in [0.717, 1.165) is 51.1 Å². The first-order valence-corrected chi connectivity index (χ1v) is 7.93. The van der Waals surface area contributed by atoms with Gasteiger partial charge in [-0.15, -0.1) is 0 Å². The molecule has 116 valence electrons. The van der Waals surface area contributed by atoms with Crippen LogP contribution in [0.5, 0.6) is 0 Å². The molecule has 6 nitrogen and oxygen atoms in total. The number of piperidine rings is 2. The summed E-state index contributed by atoms with van der Waals surface area (Å²) in [5.74, 6) is 1.98. The summed E-state index contributed by atoms with van der Waals surface area (Å²) in [6, 6.07) is 0. The van der Waals surface area contributed by atoms with Crippen molar-refractivity contribution in [2.45, 2.75) is 57.4 Å². The second-order valence-corrected chi connectivity index (χ2v) is 6.45. The predicted molar refractivity (Wildman–Crippen MR) is 77.8 cm³/mol. The van der Waals surface area contributed by atoms with Gasteiger partial charge in [0.05, 0.1) is 5.54 Å². The van der Waals surface area contributed by atoms with Gasteiger partial charge in [0.2, 0.25) is 11.8 Å². The summed E-state index contributed by atoms with van der Waals surface area (Å²) in [4.78, 5) is 19.1. The number of hydrogen-bond acceptors (Lipinski definition) is 5. The second kappa shape index (κ2) is 5.75. The summed E-state index contributed by atoms with van der Waals surface area (Å²) >= 11 is 0. The van der Waals surface area contributed by atoms with Gasteiger partial charge in [0.1, 0.15) is 0 Å². The smallest absolute Gasteiger partial charge is 0.242 e. The van der Waals surface area contributed by atoms with Crippen LogP contribution in [0, 0.1) is 6.92 Å². The van der Waals surface area contributed by atoms with E-state index in [9.17, 15) is 4.79 Å². The zero-order chi connectivity index (χ0) is 14.9. The monoisotopic (exact) mass is 292 g/mol. The van der Waals surface area contributed by atoms with E-state index in [4.69, 9.17) is 4.52 Å². The highest BCUT2D eigenvalue weighted by Gasteiger charge is 2.39. The van der Waals surface area contributed by atoms with E-state index in [-0.39, 0.29) is 11.4 Å². The molecule has 2 saturated heterocycles. The van der Waals surface area contributed by atoms with Gasteiger partial charge in [0.15, 0.2) is 5.82 Å². The number of aromatic nitrogens is 2. The number of carbonyl (C=O) groups excluding carboxylic acids is 1. The zero-order valence-corrected chi connectivity index (χ0v) is 12.9. The number of amides is 1. The maximum Gasteiger partial charge on any atom is 0.242 e. The minimum absolute atomic E-state index is 0.255. The largest absolute Gasteiger partial charge is 0.341 e. The lowest BCUT2D eigenvalue weighted by Crippen LogP contribution is -2.59. The molecule has 2 aliphatic heterocycles. The van der Waals surface area contributed by atoms with Crippen molar-refractivity contribution in [3.05, 3.63) is 11.7 Å². The number of nitrogens with one attached hydrogen (secondary N) is 1. The molecule has 0 aliphatic carbocycles. The van der Waals surface area contributed by atoms with Crippen LogP contribution >= 0.6 is 0 Å². The molecule has 1 amide bonds. The maximum atomic E-state index is 12.7. The SMILES string of the molecule is Cc1nc(C2CCN(C(=O)C3(C)CCCCN3)CC2)no1. The number of carbonyl (C=O) groups is 1. The minimum atomic E-state index is -0.367. The van der Waals surface area contributed by atoms with E-state index in [1.165, 1.54) is 6.42 Å². The van der Waals surface area contributed by atoms with Crippen LogP contribution in [0.1, 0.15) is 56.7 Å². The van der Waals surface area contributed by atoms with E-state index in [0.29, 0.717) is 11.8 Å². The zero-order valence-electron chi connectivity index (χ0n) is 12.9. The Morgan fingerprint density at radius 3 is 2.71 bits per heavy atom. The van der Waals surface area contributed by atoms with Crippen LogP contribution in [-0.4, -0.2) is 46.1 Å². The maximum absolute atomic E-state index is 12.7. The third kappa shape index (κ3) is 2.95. The normalized spacial score (nSPS) is 27.8. The summed E-state index contributed by atoms with van der Waals surface area (Å²) in [7, 11) is 0. The van der Waals surface area contributed by atoms with Crippen LogP contribution in [-0.2, 0) is 4.79 Å². The molecule has 0 aromatic carbocycles. The minimum Gasteiger partial charge on any atom is -0.341 e. The molecule has 2 fully saturated rings. The topological polar surface area (TPSA) is 71.3 Å². The standard InChI is InChI=1S/C15H24N4O2/c1-11-17-13(18-21-11)12-5-9-19(10-6-12)14(20)15(2)7-3-4-8-16-15/h12,16H,3-10H2,1-2H3. The van der Waals surface area contributed by atoms with E-state index in [1.54, 1.807) is 0 Å². The van der Waals surface area contributed by atoms with Crippen molar-refractivity contribution in [3.63, 3.8) is 0 Å². The lowest BCUT2D eigenvalue weighted by atomic mass is 9.88. The van der Waals surface area contributed by atoms with Crippen molar-refractivity contribution in [1.82, 2.24) is 20.4 Å². The fourth-order valence-electron chi connectivity index (χ4n) is 3.41. The van der Waals surface area contributed by atoms with Gasteiger partial charge in [-0.1, -0.05) is 5.16 Å². The molecule has 0 bridgehead atoms. The summed E-state index contributed by atoms with van der Waals surface area (Å²) in [5.41, 5.74) is -0.367. The van der Waals surface area contributed by atoms with E-state index in [1.807, 2.05) is 18.7 Å². The molecule has 0 spiro atoms. The third-order valence-corrected chi connectivity index (χ3v) is 4.78. The Kier molecular flexibility index (Phi) is 3.97. The molecule has 0 radical (unpaired) electrons. The van der Waals surface area contributed by atoms with Crippen molar-refractivity contribution in [2.75, 3.05) is 19.6 Å². The van der Waals surface area contributed by atoms with Crippen LogP contribution in [0.2, 0.25) is 0 Å². The lowest BCUT2D eigenvalue weighted by Gasteiger charge is -2.40. The molecular weight excluding hydrogens is 268 g/mol. The van der Waals surface area contributed by atoms with Crippen LogP contribution in [0.3, 0.4) is 0 Å². The Bertz CT molecular complexity index is 500. The average Bonchev–Trinajstić information content (AvgIpc) is 2.94. The first-order valence-electron chi connectivity index (χ1n) is 7.93. The van der Waals surface area contributed by atoms with E-state index in [2.05, 4.69) is 15.5 Å². The Hall–Kier alpha value is -1.43. The highest BCUT2D eigenvalue weighted by Crippen LogP contribution is 2.29. The highest BCUT2D eigenvalue weighted by atomic mass is 16.5. The van der Waals surface area contributed by atoms with Crippen LogP contribution < -0.4 is 5.32 Å². The number of aryl methyl sites for hydroxylation is 1. The number of likely N-dealkylation sites (tertiary alicyclic amines) is 1.